The summed E-state index contributed by atoms with van der Waals surface area (Å²) in [5, 5.41) is 7.91. The second-order valence-electron chi connectivity index (χ2n) is 6.04. The van der Waals surface area contributed by atoms with Crippen LogP contribution in [0.15, 0.2) is 16.8 Å². The second-order valence-corrected chi connectivity index (χ2v) is 6.82. The van der Waals surface area contributed by atoms with Gasteiger partial charge < -0.3 is 18.9 Å². The van der Waals surface area contributed by atoms with Crippen molar-refractivity contribution in [2.24, 2.45) is 0 Å². The first-order valence-electron chi connectivity index (χ1n) is 8.42. The van der Waals surface area contributed by atoms with Gasteiger partial charge >= 0.3 is 17.9 Å². The Morgan fingerprint density at radius 1 is 1.32 bits per heavy atom. The summed E-state index contributed by atoms with van der Waals surface area (Å²) in [6.45, 7) is 2.60. The molecule has 28 heavy (non-hydrogen) atoms. The van der Waals surface area contributed by atoms with Gasteiger partial charge in [-0.2, -0.15) is 11.3 Å². The van der Waals surface area contributed by atoms with E-state index in [1.807, 2.05) is 16.8 Å². The van der Waals surface area contributed by atoms with Crippen LogP contribution in [0.2, 0.25) is 0 Å². The molecule has 150 valence electrons. The maximum absolute atomic E-state index is 11.9. The number of carbonyl (C=O) groups is 3. The lowest BCUT2D eigenvalue weighted by atomic mass is 10.2. The molecule has 0 bridgehead atoms. The molecule has 11 heteroatoms. The second kappa shape index (κ2) is 8.48. The summed E-state index contributed by atoms with van der Waals surface area (Å²) in [6.07, 6.45) is -1.74. The molecule has 1 aliphatic heterocycles. The standard InChI is InChI=1S/C17H19N3O7S/c1-9(21)25-7-12-6-13(26-10(2)22)16(27-12)20-15(11-4-5-28-8-11)18-14(19-20)17(23)24-3/h4-5,8,12-13,16H,6-7H2,1-3H3/t12-,13?,16+/m0/s1. The molecule has 0 aromatic carbocycles. The van der Waals surface area contributed by atoms with Gasteiger partial charge in [-0.15, -0.1) is 5.10 Å². The van der Waals surface area contributed by atoms with Crippen molar-refractivity contribution in [3.8, 4) is 11.4 Å². The van der Waals surface area contributed by atoms with E-state index in [0.29, 0.717) is 12.2 Å². The zero-order valence-electron chi connectivity index (χ0n) is 15.5. The Bertz CT molecular complexity index is 864. The van der Waals surface area contributed by atoms with Crippen molar-refractivity contribution in [2.45, 2.75) is 38.7 Å². The Kier molecular flexibility index (Phi) is 6.05. The highest BCUT2D eigenvalue weighted by molar-refractivity contribution is 7.08. The van der Waals surface area contributed by atoms with Gasteiger partial charge in [0.15, 0.2) is 18.2 Å². The lowest BCUT2D eigenvalue weighted by Gasteiger charge is -2.19. The van der Waals surface area contributed by atoms with E-state index in [1.165, 1.54) is 37.0 Å². The van der Waals surface area contributed by atoms with Gasteiger partial charge in [-0.05, 0) is 11.4 Å². The van der Waals surface area contributed by atoms with Crippen molar-refractivity contribution in [1.82, 2.24) is 14.8 Å². The topological polar surface area (TPSA) is 119 Å². The van der Waals surface area contributed by atoms with Gasteiger partial charge in [-0.1, -0.05) is 0 Å². The van der Waals surface area contributed by atoms with E-state index < -0.39 is 36.3 Å². The third-order valence-electron chi connectivity index (χ3n) is 3.95. The molecule has 1 unspecified atom stereocenters. The van der Waals surface area contributed by atoms with Gasteiger partial charge in [-0.3, -0.25) is 9.59 Å². The molecule has 10 nitrogen and oxygen atoms in total. The highest BCUT2D eigenvalue weighted by atomic mass is 32.1. The lowest BCUT2D eigenvalue weighted by Crippen LogP contribution is -2.26. The average Bonchev–Trinajstić information content (AvgIpc) is 3.37. The fourth-order valence-corrected chi connectivity index (χ4v) is 3.47. The van der Waals surface area contributed by atoms with Crippen molar-refractivity contribution in [1.29, 1.82) is 0 Å². The zero-order chi connectivity index (χ0) is 20.3. The Morgan fingerprint density at radius 2 is 2.11 bits per heavy atom. The number of nitrogens with zero attached hydrogens (tertiary/aromatic N) is 3. The third kappa shape index (κ3) is 4.37. The Balaban J connectivity index is 1.95. The molecule has 0 radical (unpaired) electrons. The van der Waals surface area contributed by atoms with Crippen LogP contribution in [-0.2, 0) is 28.5 Å². The first-order chi connectivity index (χ1) is 13.4. The van der Waals surface area contributed by atoms with E-state index in [2.05, 4.69) is 10.1 Å². The predicted octanol–water partition coefficient (Wildman–Crippen LogP) is 1.58. The van der Waals surface area contributed by atoms with Crippen molar-refractivity contribution in [2.75, 3.05) is 13.7 Å². The quantitative estimate of drug-likeness (QED) is 0.517. The Labute approximate surface area is 164 Å². The van der Waals surface area contributed by atoms with Crippen LogP contribution in [0.25, 0.3) is 11.4 Å². The fraction of sp³-hybridized carbons (Fsp3) is 0.471. The molecule has 1 saturated heterocycles. The predicted molar refractivity (Wildman–Crippen MR) is 95.4 cm³/mol. The first kappa shape index (κ1) is 20.0. The molecule has 2 aromatic rings. The van der Waals surface area contributed by atoms with Gasteiger partial charge in [0.2, 0.25) is 0 Å². The molecule has 0 spiro atoms. The molecular weight excluding hydrogens is 390 g/mol. The molecule has 3 heterocycles. The van der Waals surface area contributed by atoms with Crippen LogP contribution >= 0.6 is 11.3 Å². The normalized spacial score (nSPS) is 21.3. The number of carbonyl (C=O) groups excluding carboxylic acids is 3. The van der Waals surface area contributed by atoms with Crippen LogP contribution in [0, 0.1) is 0 Å². The summed E-state index contributed by atoms with van der Waals surface area (Å²) in [6, 6.07) is 1.82. The summed E-state index contributed by atoms with van der Waals surface area (Å²) in [7, 11) is 1.23. The Hall–Kier alpha value is -2.79. The number of esters is 3. The number of methoxy groups -OCH3 is 1. The van der Waals surface area contributed by atoms with Gasteiger partial charge in [-0.25, -0.2) is 14.5 Å². The first-order valence-corrected chi connectivity index (χ1v) is 9.36. The average molecular weight is 409 g/mol. The van der Waals surface area contributed by atoms with Gasteiger partial charge in [0, 0.05) is 31.2 Å². The monoisotopic (exact) mass is 409 g/mol. The molecular formula is C17H19N3O7S. The largest absolute Gasteiger partial charge is 0.463 e. The summed E-state index contributed by atoms with van der Waals surface area (Å²) < 4.78 is 22.4. The highest BCUT2D eigenvalue weighted by Gasteiger charge is 2.41. The summed E-state index contributed by atoms with van der Waals surface area (Å²) in [5.41, 5.74) is 0.723. The molecule has 2 aromatic heterocycles. The number of hydrogen-bond acceptors (Lipinski definition) is 10. The number of thiophene rings is 1. The van der Waals surface area contributed by atoms with Crippen molar-refractivity contribution >= 4 is 29.2 Å². The van der Waals surface area contributed by atoms with E-state index >= 15 is 0 Å². The summed E-state index contributed by atoms with van der Waals surface area (Å²) in [4.78, 5) is 38.8. The molecule has 1 aliphatic rings. The minimum Gasteiger partial charge on any atom is -0.463 e. The van der Waals surface area contributed by atoms with E-state index in [-0.39, 0.29) is 12.4 Å². The SMILES string of the molecule is COC(=O)c1nc(-c2ccsc2)n([C@@H]2O[C@H](COC(C)=O)CC2OC(C)=O)n1. The van der Waals surface area contributed by atoms with E-state index in [4.69, 9.17) is 18.9 Å². The van der Waals surface area contributed by atoms with Gasteiger partial charge in [0.1, 0.15) is 6.61 Å². The fourth-order valence-electron chi connectivity index (χ4n) is 2.84. The zero-order valence-corrected chi connectivity index (χ0v) is 16.3. The van der Waals surface area contributed by atoms with Crippen LogP contribution in [0.1, 0.15) is 37.1 Å². The third-order valence-corrected chi connectivity index (χ3v) is 4.64. The minimum atomic E-state index is -0.842. The van der Waals surface area contributed by atoms with E-state index in [9.17, 15) is 14.4 Å². The molecule has 0 aliphatic carbocycles. The minimum absolute atomic E-state index is 0.00986. The molecule has 1 fully saturated rings. The maximum atomic E-state index is 11.9. The molecule has 0 saturated carbocycles. The van der Waals surface area contributed by atoms with Crippen LogP contribution in [0.3, 0.4) is 0 Å². The van der Waals surface area contributed by atoms with Crippen molar-refractivity contribution < 1.29 is 33.3 Å². The van der Waals surface area contributed by atoms with Gasteiger partial charge in [0.25, 0.3) is 5.82 Å². The summed E-state index contributed by atoms with van der Waals surface area (Å²) in [5.74, 6) is -1.40. The smallest absolute Gasteiger partial charge is 0.377 e. The molecule has 0 N–H and O–H groups in total. The highest BCUT2D eigenvalue weighted by Crippen LogP contribution is 2.34. The van der Waals surface area contributed by atoms with Crippen LogP contribution < -0.4 is 0 Å². The van der Waals surface area contributed by atoms with E-state index in [0.717, 1.165) is 5.56 Å². The number of aromatic nitrogens is 3. The number of ether oxygens (including phenoxy) is 4. The lowest BCUT2D eigenvalue weighted by molar-refractivity contribution is -0.153. The van der Waals surface area contributed by atoms with Crippen molar-refractivity contribution in [3.63, 3.8) is 0 Å². The van der Waals surface area contributed by atoms with Crippen molar-refractivity contribution in [3.05, 3.63) is 22.7 Å². The molecule has 0 amide bonds. The summed E-state index contributed by atoms with van der Waals surface area (Å²) >= 11 is 1.45. The Morgan fingerprint density at radius 3 is 2.71 bits per heavy atom. The molecule has 3 atom stereocenters. The number of rotatable bonds is 6. The number of hydrogen-bond donors (Lipinski definition) is 0. The van der Waals surface area contributed by atoms with Crippen LogP contribution in [-0.4, -0.2) is 58.6 Å². The van der Waals surface area contributed by atoms with Crippen LogP contribution in [0.5, 0.6) is 0 Å². The van der Waals surface area contributed by atoms with Crippen LogP contribution in [0.4, 0.5) is 0 Å². The van der Waals surface area contributed by atoms with Gasteiger partial charge in [0.05, 0.1) is 13.2 Å². The molecule has 3 rings (SSSR count). The van der Waals surface area contributed by atoms with E-state index in [1.54, 1.807) is 0 Å². The maximum Gasteiger partial charge on any atom is 0.377 e.